The van der Waals surface area contributed by atoms with Crippen LogP contribution < -0.4 is 0 Å². The normalized spacial score (nSPS) is 10.8. The van der Waals surface area contributed by atoms with Crippen molar-refractivity contribution in [1.29, 1.82) is 0 Å². The van der Waals surface area contributed by atoms with Crippen molar-refractivity contribution in [2.24, 2.45) is 0 Å². The number of Topliss-reactive ketones (excluding diaryl/α,β-unsaturated/α-hetero) is 1. The van der Waals surface area contributed by atoms with E-state index < -0.39 is 12.6 Å². The van der Waals surface area contributed by atoms with Gasteiger partial charge < -0.3 is 4.74 Å². The summed E-state index contributed by atoms with van der Waals surface area (Å²) in [5, 5.41) is 1.23. The molecule has 0 atom stereocenters. The Hall–Kier alpha value is -2.73. The highest BCUT2D eigenvalue weighted by atomic mass is 79.9. The molecule has 31 heavy (non-hydrogen) atoms. The van der Waals surface area contributed by atoms with E-state index >= 15 is 0 Å². The number of hydrogen-bond donors (Lipinski definition) is 0. The summed E-state index contributed by atoms with van der Waals surface area (Å²) in [5.41, 5.74) is 2.79. The van der Waals surface area contributed by atoms with Crippen molar-refractivity contribution in [2.75, 3.05) is 6.61 Å². The number of aromatic nitrogens is 1. The fraction of sp³-hybridized carbons (Fsp3) is 0.0417. The van der Waals surface area contributed by atoms with Gasteiger partial charge in [0.05, 0.1) is 26.8 Å². The van der Waals surface area contributed by atoms with Crippen LogP contribution in [0.1, 0.15) is 20.7 Å². The Labute approximate surface area is 196 Å². The maximum absolute atomic E-state index is 12.9. The van der Waals surface area contributed by atoms with Crippen molar-refractivity contribution in [3.05, 3.63) is 98.4 Å². The Morgan fingerprint density at radius 1 is 0.903 bits per heavy atom. The lowest BCUT2D eigenvalue weighted by atomic mass is 10.0. The van der Waals surface area contributed by atoms with E-state index in [4.69, 9.17) is 27.9 Å². The first-order valence-electron chi connectivity index (χ1n) is 9.23. The molecule has 0 saturated carbocycles. The number of pyridine rings is 1. The first kappa shape index (κ1) is 21.5. The number of rotatable bonds is 5. The number of halogens is 3. The molecule has 0 aliphatic rings. The lowest BCUT2D eigenvalue weighted by Gasteiger charge is -2.11. The zero-order chi connectivity index (χ0) is 22.0. The van der Waals surface area contributed by atoms with Gasteiger partial charge in [0, 0.05) is 21.0 Å². The van der Waals surface area contributed by atoms with Gasteiger partial charge in [-0.1, -0.05) is 69.5 Å². The van der Waals surface area contributed by atoms with Gasteiger partial charge in [-0.25, -0.2) is 9.78 Å². The van der Waals surface area contributed by atoms with Crippen LogP contribution in [-0.2, 0) is 4.74 Å². The Morgan fingerprint density at radius 3 is 2.42 bits per heavy atom. The molecule has 1 aromatic heterocycles. The lowest BCUT2D eigenvalue weighted by molar-refractivity contribution is 0.0476. The highest BCUT2D eigenvalue weighted by Gasteiger charge is 2.18. The fourth-order valence-electron chi connectivity index (χ4n) is 3.09. The van der Waals surface area contributed by atoms with E-state index in [-0.39, 0.29) is 10.8 Å². The number of esters is 1. The average Bonchev–Trinajstić information content (AvgIpc) is 2.79. The van der Waals surface area contributed by atoms with Gasteiger partial charge in [-0.05, 0) is 42.5 Å². The number of benzene rings is 3. The Bertz CT molecular complexity index is 1310. The van der Waals surface area contributed by atoms with Crippen LogP contribution in [-0.4, -0.2) is 23.3 Å². The summed E-state index contributed by atoms with van der Waals surface area (Å²) in [6, 6.07) is 21.2. The van der Waals surface area contributed by atoms with Gasteiger partial charge in [0.1, 0.15) is 0 Å². The molecule has 0 aliphatic carbocycles. The van der Waals surface area contributed by atoms with Gasteiger partial charge in [-0.2, -0.15) is 0 Å². The second-order valence-corrected chi connectivity index (χ2v) is 8.44. The number of hydrogen-bond acceptors (Lipinski definition) is 4. The van der Waals surface area contributed by atoms with Crippen molar-refractivity contribution in [1.82, 2.24) is 4.98 Å². The maximum Gasteiger partial charge on any atom is 0.339 e. The van der Waals surface area contributed by atoms with Gasteiger partial charge in [0.25, 0.3) is 0 Å². The quantitative estimate of drug-likeness (QED) is 0.212. The van der Waals surface area contributed by atoms with E-state index in [2.05, 4.69) is 20.9 Å². The molecule has 4 rings (SSSR count). The van der Waals surface area contributed by atoms with Gasteiger partial charge in [0.15, 0.2) is 12.4 Å². The molecule has 1 heterocycles. The third-order valence-corrected chi connectivity index (χ3v) is 5.87. The van der Waals surface area contributed by atoms with Crippen LogP contribution in [0.25, 0.3) is 22.2 Å². The van der Waals surface area contributed by atoms with Gasteiger partial charge >= 0.3 is 5.97 Å². The van der Waals surface area contributed by atoms with Crippen LogP contribution in [0.4, 0.5) is 0 Å². The molecule has 0 bridgehead atoms. The molecule has 4 nitrogen and oxygen atoms in total. The van der Waals surface area contributed by atoms with Crippen molar-refractivity contribution in [3.8, 4) is 11.3 Å². The van der Waals surface area contributed by atoms with Gasteiger partial charge in [-0.3, -0.25) is 4.79 Å². The predicted molar refractivity (Wildman–Crippen MR) is 126 cm³/mol. The molecule has 0 radical (unpaired) electrons. The standard InChI is InChI=1S/C24H14BrCl2NO3/c25-16-7-9-21-17(11-16)18(12-22(28-21)14-4-2-1-3-5-14)24(30)31-13-23(29)15-6-8-19(26)20(27)10-15/h1-12H,13H2. The first-order valence-corrected chi connectivity index (χ1v) is 10.8. The van der Waals surface area contributed by atoms with Crippen LogP contribution in [0.5, 0.6) is 0 Å². The summed E-state index contributed by atoms with van der Waals surface area (Å²) >= 11 is 15.3. The summed E-state index contributed by atoms with van der Waals surface area (Å²) in [6.07, 6.45) is 0. The van der Waals surface area contributed by atoms with Crippen molar-refractivity contribution < 1.29 is 14.3 Å². The van der Waals surface area contributed by atoms with Crippen molar-refractivity contribution in [3.63, 3.8) is 0 Å². The second kappa shape index (κ2) is 9.18. The molecule has 154 valence electrons. The molecular formula is C24H14BrCl2NO3. The Kier molecular flexibility index (Phi) is 6.37. The van der Waals surface area contributed by atoms with E-state index in [0.717, 1.165) is 10.0 Å². The monoisotopic (exact) mass is 513 g/mol. The topological polar surface area (TPSA) is 56.3 Å². The van der Waals surface area contributed by atoms with E-state index in [0.29, 0.717) is 32.7 Å². The van der Waals surface area contributed by atoms with Crippen LogP contribution in [0.2, 0.25) is 10.0 Å². The maximum atomic E-state index is 12.9. The van der Waals surface area contributed by atoms with Gasteiger partial charge in [0.2, 0.25) is 0 Å². The van der Waals surface area contributed by atoms with Crippen molar-refractivity contribution >= 4 is 61.8 Å². The van der Waals surface area contributed by atoms with E-state index in [1.165, 1.54) is 18.2 Å². The minimum Gasteiger partial charge on any atom is -0.454 e. The first-order chi connectivity index (χ1) is 14.9. The molecule has 0 spiro atoms. The lowest BCUT2D eigenvalue weighted by Crippen LogP contribution is -2.15. The summed E-state index contributed by atoms with van der Waals surface area (Å²) < 4.78 is 6.15. The predicted octanol–water partition coefficient (Wildman–Crippen LogP) is 7.01. The minimum atomic E-state index is -0.615. The van der Waals surface area contributed by atoms with Crippen molar-refractivity contribution in [2.45, 2.75) is 0 Å². The van der Waals surface area contributed by atoms with Crippen LogP contribution in [0.3, 0.4) is 0 Å². The highest BCUT2D eigenvalue weighted by molar-refractivity contribution is 9.10. The van der Waals surface area contributed by atoms with Gasteiger partial charge in [-0.15, -0.1) is 0 Å². The third-order valence-electron chi connectivity index (χ3n) is 4.64. The number of carbonyl (C=O) groups excluding carboxylic acids is 2. The molecular weight excluding hydrogens is 501 g/mol. The number of ether oxygens (including phenoxy) is 1. The molecule has 3 aromatic carbocycles. The average molecular weight is 515 g/mol. The fourth-order valence-corrected chi connectivity index (χ4v) is 3.74. The molecule has 0 unspecified atom stereocenters. The third kappa shape index (κ3) is 4.79. The zero-order valence-electron chi connectivity index (χ0n) is 15.9. The van der Waals surface area contributed by atoms with E-state index in [9.17, 15) is 9.59 Å². The Balaban J connectivity index is 1.65. The molecule has 0 fully saturated rings. The highest BCUT2D eigenvalue weighted by Crippen LogP contribution is 2.28. The number of carbonyl (C=O) groups is 2. The molecule has 0 N–H and O–H groups in total. The minimum absolute atomic E-state index is 0.260. The number of fused-ring (bicyclic) bond motifs is 1. The molecule has 0 saturated heterocycles. The summed E-state index contributed by atoms with van der Waals surface area (Å²) in [7, 11) is 0. The van der Waals surface area contributed by atoms with Crippen LogP contribution in [0.15, 0.2) is 77.3 Å². The summed E-state index contributed by atoms with van der Waals surface area (Å²) in [4.78, 5) is 30.1. The molecule has 0 aliphatic heterocycles. The SMILES string of the molecule is O=C(COC(=O)c1cc(-c2ccccc2)nc2ccc(Br)cc12)c1ccc(Cl)c(Cl)c1. The van der Waals surface area contributed by atoms with E-state index in [1.807, 2.05) is 42.5 Å². The smallest absolute Gasteiger partial charge is 0.339 e. The largest absolute Gasteiger partial charge is 0.454 e. The number of ketones is 1. The number of nitrogens with zero attached hydrogens (tertiary/aromatic N) is 1. The zero-order valence-corrected chi connectivity index (χ0v) is 19.0. The second-order valence-electron chi connectivity index (χ2n) is 6.71. The van der Waals surface area contributed by atoms with Crippen LogP contribution >= 0.6 is 39.1 Å². The van der Waals surface area contributed by atoms with E-state index in [1.54, 1.807) is 12.1 Å². The summed E-state index contributed by atoms with van der Waals surface area (Å²) in [5.74, 6) is -0.995. The Morgan fingerprint density at radius 2 is 1.68 bits per heavy atom. The van der Waals surface area contributed by atoms with Crippen LogP contribution in [0, 0.1) is 0 Å². The molecule has 7 heteroatoms. The summed E-state index contributed by atoms with van der Waals surface area (Å²) in [6.45, 7) is -0.421. The molecule has 4 aromatic rings. The molecule has 0 amide bonds.